The average molecular weight is 248 g/mol. The second-order valence-electron chi connectivity index (χ2n) is 5.39. The van der Waals surface area contributed by atoms with Crippen molar-refractivity contribution >= 4 is 0 Å². The topological polar surface area (TPSA) is 47.3 Å². The van der Waals surface area contributed by atoms with E-state index in [1.807, 2.05) is 0 Å². The summed E-state index contributed by atoms with van der Waals surface area (Å²) in [5.74, 6) is 6.41. The van der Waals surface area contributed by atoms with Gasteiger partial charge in [-0.3, -0.25) is 11.3 Å². The molecule has 1 aliphatic carbocycles. The van der Waals surface area contributed by atoms with E-state index in [0.717, 1.165) is 6.42 Å². The molecule has 1 fully saturated rings. The van der Waals surface area contributed by atoms with Crippen LogP contribution < -0.4 is 11.3 Å². The summed E-state index contributed by atoms with van der Waals surface area (Å²) in [4.78, 5) is 0. The van der Waals surface area contributed by atoms with Crippen molar-refractivity contribution in [3.63, 3.8) is 0 Å². The van der Waals surface area contributed by atoms with Crippen LogP contribution in [0.1, 0.15) is 29.5 Å². The van der Waals surface area contributed by atoms with Crippen LogP contribution in [0.3, 0.4) is 0 Å². The number of hydrogen-bond donors (Lipinski definition) is 2. The van der Waals surface area contributed by atoms with Gasteiger partial charge in [-0.1, -0.05) is 18.2 Å². The van der Waals surface area contributed by atoms with Gasteiger partial charge in [0.15, 0.2) is 0 Å². The predicted octanol–water partition coefficient (Wildman–Crippen LogP) is 2.10. The first-order valence-electron chi connectivity index (χ1n) is 6.71. The SMILES string of the molecule is COC(C1CC1)C(Cc1c(C)cccc1C)NN. The van der Waals surface area contributed by atoms with Crippen molar-refractivity contribution in [2.45, 2.75) is 45.3 Å². The number of nitrogens with two attached hydrogens (primary N) is 1. The third-order valence-electron chi connectivity index (χ3n) is 4.04. The van der Waals surface area contributed by atoms with Crippen LogP contribution in [0.2, 0.25) is 0 Å². The molecule has 1 aromatic carbocycles. The first-order valence-corrected chi connectivity index (χ1v) is 6.71. The first kappa shape index (κ1) is 13.5. The Bertz CT molecular complexity index is 381. The lowest BCUT2D eigenvalue weighted by molar-refractivity contribution is 0.0510. The van der Waals surface area contributed by atoms with Gasteiger partial charge >= 0.3 is 0 Å². The highest BCUT2D eigenvalue weighted by molar-refractivity contribution is 5.34. The summed E-state index contributed by atoms with van der Waals surface area (Å²) in [5.41, 5.74) is 7.01. The van der Waals surface area contributed by atoms with Gasteiger partial charge in [0.25, 0.3) is 0 Å². The van der Waals surface area contributed by atoms with E-state index in [4.69, 9.17) is 10.6 Å². The lowest BCUT2D eigenvalue weighted by atomic mass is 9.93. The minimum absolute atomic E-state index is 0.197. The van der Waals surface area contributed by atoms with Crippen molar-refractivity contribution in [1.29, 1.82) is 0 Å². The number of methoxy groups -OCH3 is 1. The van der Waals surface area contributed by atoms with E-state index in [-0.39, 0.29) is 12.1 Å². The number of rotatable bonds is 6. The normalized spacial score (nSPS) is 18.7. The number of aryl methyl sites for hydroxylation is 2. The Kier molecular flexibility index (Phi) is 4.38. The Morgan fingerprint density at radius 1 is 1.33 bits per heavy atom. The predicted molar refractivity (Wildman–Crippen MR) is 74.3 cm³/mol. The van der Waals surface area contributed by atoms with Gasteiger partial charge in [0.05, 0.1) is 12.1 Å². The van der Waals surface area contributed by atoms with Gasteiger partial charge in [0.2, 0.25) is 0 Å². The van der Waals surface area contributed by atoms with Crippen molar-refractivity contribution in [1.82, 2.24) is 5.43 Å². The number of benzene rings is 1. The highest BCUT2D eigenvalue weighted by Gasteiger charge is 2.36. The maximum atomic E-state index is 5.73. The van der Waals surface area contributed by atoms with E-state index >= 15 is 0 Å². The molecule has 1 saturated carbocycles. The Labute approximate surface area is 110 Å². The van der Waals surface area contributed by atoms with Gasteiger partial charge in [-0.15, -0.1) is 0 Å². The molecule has 3 N–H and O–H groups in total. The Hall–Kier alpha value is -0.900. The van der Waals surface area contributed by atoms with Gasteiger partial charge in [-0.2, -0.15) is 0 Å². The molecule has 3 heteroatoms. The lowest BCUT2D eigenvalue weighted by Gasteiger charge is -2.26. The zero-order valence-corrected chi connectivity index (χ0v) is 11.6. The van der Waals surface area contributed by atoms with E-state index < -0.39 is 0 Å². The fourth-order valence-electron chi connectivity index (χ4n) is 2.77. The van der Waals surface area contributed by atoms with Crippen LogP contribution in [-0.4, -0.2) is 19.3 Å². The Morgan fingerprint density at radius 2 is 1.94 bits per heavy atom. The molecule has 18 heavy (non-hydrogen) atoms. The number of ether oxygens (including phenoxy) is 1. The second-order valence-corrected chi connectivity index (χ2v) is 5.39. The zero-order valence-electron chi connectivity index (χ0n) is 11.6. The van der Waals surface area contributed by atoms with Crippen molar-refractivity contribution in [3.05, 3.63) is 34.9 Å². The van der Waals surface area contributed by atoms with Crippen LogP contribution in [0.15, 0.2) is 18.2 Å². The van der Waals surface area contributed by atoms with Crippen molar-refractivity contribution in [2.24, 2.45) is 11.8 Å². The third kappa shape index (κ3) is 2.91. The first-order chi connectivity index (χ1) is 8.67. The highest BCUT2D eigenvalue weighted by atomic mass is 16.5. The van der Waals surface area contributed by atoms with Gasteiger partial charge in [0, 0.05) is 7.11 Å². The molecule has 1 aliphatic rings. The molecule has 2 unspecified atom stereocenters. The molecule has 1 aromatic rings. The molecule has 2 atom stereocenters. The minimum Gasteiger partial charge on any atom is -0.379 e. The monoisotopic (exact) mass is 248 g/mol. The van der Waals surface area contributed by atoms with E-state index in [1.54, 1.807) is 7.11 Å². The van der Waals surface area contributed by atoms with Gasteiger partial charge in [0.1, 0.15) is 0 Å². The molecule has 0 aliphatic heterocycles. The van der Waals surface area contributed by atoms with E-state index in [9.17, 15) is 0 Å². The quantitative estimate of drug-likeness (QED) is 0.599. The second kappa shape index (κ2) is 5.83. The van der Waals surface area contributed by atoms with Crippen LogP contribution in [-0.2, 0) is 11.2 Å². The van der Waals surface area contributed by atoms with Crippen LogP contribution in [0.4, 0.5) is 0 Å². The summed E-state index contributed by atoms with van der Waals surface area (Å²) in [5, 5.41) is 0. The van der Waals surface area contributed by atoms with Crippen LogP contribution in [0, 0.1) is 19.8 Å². The molecule has 0 heterocycles. The number of hydrazine groups is 1. The van der Waals surface area contributed by atoms with Gasteiger partial charge < -0.3 is 4.74 Å². The fraction of sp³-hybridized carbons (Fsp3) is 0.600. The third-order valence-corrected chi connectivity index (χ3v) is 4.04. The van der Waals surface area contributed by atoms with Gasteiger partial charge in [-0.25, -0.2) is 0 Å². The summed E-state index contributed by atoms with van der Waals surface area (Å²) < 4.78 is 5.64. The summed E-state index contributed by atoms with van der Waals surface area (Å²) in [6, 6.07) is 6.62. The molecule has 0 saturated heterocycles. The molecule has 0 radical (unpaired) electrons. The molecular weight excluding hydrogens is 224 g/mol. The molecular formula is C15H24N2O. The largest absolute Gasteiger partial charge is 0.379 e. The summed E-state index contributed by atoms with van der Waals surface area (Å²) in [6.07, 6.45) is 3.70. The average Bonchev–Trinajstić information content (AvgIpc) is 3.17. The van der Waals surface area contributed by atoms with Crippen molar-refractivity contribution in [2.75, 3.05) is 7.11 Å². The smallest absolute Gasteiger partial charge is 0.0769 e. The Balaban J connectivity index is 2.14. The molecule has 2 rings (SSSR count). The van der Waals surface area contributed by atoms with Gasteiger partial charge in [-0.05, 0) is 55.7 Å². The zero-order chi connectivity index (χ0) is 13.1. The lowest BCUT2D eigenvalue weighted by Crippen LogP contribution is -2.47. The molecule has 0 amide bonds. The van der Waals surface area contributed by atoms with Crippen molar-refractivity contribution < 1.29 is 4.74 Å². The summed E-state index contributed by atoms with van der Waals surface area (Å²) >= 11 is 0. The van der Waals surface area contributed by atoms with E-state index in [1.165, 1.54) is 29.5 Å². The van der Waals surface area contributed by atoms with Crippen LogP contribution in [0.25, 0.3) is 0 Å². The van der Waals surface area contributed by atoms with Crippen LogP contribution >= 0.6 is 0 Å². The van der Waals surface area contributed by atoms with Crippen molar-refractivity contribution in [3.8, 4) is 0 Å². The summed E-state index contributed by atoms with van der Waals surface area (Å²) in [7, 11) is 1.79. The maximum Gasteiger partial charge on any atom is 0.0769 e. The van der Waals surface area contributed by atoms with Crippen LogP contribution in [0.5, 0.6) is 0 Å². The maximum absolute atomic E-state index is 5.73. The van der Waals surface area contributed by atoms with E-state index in [2.05, 4.69) is 37.5 Å². The molecule has 100 valence electrons. The molecule has 0 aromatic heterocycles. The molecule has 0 spiro atoms. The Morgan fingerprint density at radius 3 is 2.39 bits per heavy atom. The highest BCUT2D eigenvalue weighted by Crippen LogP contribution is 2.36. The number of nitrogens with one attached hydrogen (secondary N) is 1. The summed E-state index contributed by atoms with van der Waals surface area (Å²) in [6.45, 7) is 4.32. The van der Waals surface area contributed by atoms with E-state index in [0.29, 0.717) is 5.92 Å². The number of hydrogen-bond acceptors (Lipinski definition) is 3. The molecule has 0 bridgehead atoms. The minimum atomic E-state index is 0.197. The molecule has 3 nitrogen and oxygen atoms in total. The standard InChI is InChI=1S/C15H24N2O/c1-10-5-4-6-11(2)13(10)9-14(17-16)15(18-3)12-7-8-12/h4-6,12,14-15,17H,7-9,16H2,1-3H3. The fourth-order valence-corrected chi connectivity index (χ4v) is 2.77.